The minimum atomic E-state index is -3.72. The van der Waals surface area contributed by atoms with Gasteiger partial charge >= 0.3 is 0 Å². The highest BCUT2D eigenvalue weighted by atomic mass is 32.2. The number of carbonyl (C=O) groups is 1. The summed E-state index contributed by atoms with van der Waals surface area (Å²) in [6.45, 7) is 7.58. The van der Waals surface area contributed by atoms with Crippen LogP contribution < -0.4 is 9.46 Å². The summed E-state index contributed by atoms with van der Waals surface area (Å²) in [6, 6.07) is 4.13. The predicted octanol–water partition coefficient (Wildman–Crippen LogP) is 1.49. The number of rotatable bonds is 6. The number of benzene rings is 1. The maximum Gasteiger partial charge on any atom is 0.257 e. The lowest BCUT2D eigenvalue weighted by molar-refractivity contribution is 0.0300. The smallest absolute Gasteiger partial charge is 0.257 e. The van der Waals surface area contributed by atoms with Crippen molar-refractivity contribution in [1.82, 2.24) is 9.62 Å². The molecule has 0 saturated carbocycles. The van der Waals surface area contributed by atoms with Crippen molar-refractivity contribution >= 4 is 15.9 Å². The van der Waals surface area contributed by atoms with Gasteiger partial charge < -0.3 is 14.4 Å². The zero-order chi connectivity index (χ0) is 18.6. The van der Waals surface area contributed by atoms with Crippen LogP contribution in [0, 0.1) is 5.92 Å². The van der Waals surface area contributed by atoms with Crippen LogP contribution in [0.1, 0.15) is 31.1 Å². The van der Waals surface area contributed by atoms with Gasteiger partial charge in [-0.05, 0) is 31.0 Å². The van der Waals surface area contributed by atoms with Crippen LogP contribution >= 0.6 is 0 Å². The molecule has 0 radical (unpaired) electrons. The summed E-state index contributed by atoms with van der Waals surface area (Å²) in [4.78, 5) is 14.5. The summed E-state index contributed by atoms with van der Waals surface area (Å²) >= 11 is 0. The molecule has 0 aliphatic carbocycles. The molecule has 1 atom stereocenters. The molecule has 1 N–H and O–H groups in total. The number of ether oxygens (including phenoxy) is 2. The van der Waals surface area contributed by atoms with Crippen molar-refractivity contribution in [3.8, 4) is 5.75 Å². The average Bonchev–Trinajstić information content (AvgIpc) is 2.60. The highest BCUT2D eigenvalue weighted by Gasteiger charge is 2.25. The topological polar surface area (TPSA) is 84.9 Å². The third-order valence-corrected chi connectivity index (χ3v) is 5.91. The monoisotopic (exact) mass is 370 g/mol. The number of nitrogens with one attached hydrogen (secondary N) is 1. The zero-order valence-electron chi connectivity index (χ0n) is 15.1. The standard InChI is InChI=1S/C17H26N2O5S/c1-12(2)13(3)18-25(21,22)14-5-6-16(23-4)15(11-14)17(20)19-7-9-24-10-8-19/h5-6,11-13,18H,7-10H2,1-4H3/t13-/m1/s1. The Morgan fingerprint density at radius 2 is 1.88 bits per heavy atom. The molecule has 1 aliphatic rings. The normalized spacial score (nSPS) is 16.8. The fraction of sp³-hybridized carbons (Fsp3) is 0.588. The van der Waals surface area contributed by atoms with Crippen LogP contribution in [0.2, 0.25) is 0 Å². The lowest BCUT2D eigenvalue weighted by Gasteiger charge is -2.27. The van der Waals surface area contributed by atoms with Crippen LogP contribution in [0.3, 0.4) is 0 Å². The first kappa shape index (κ1) is 19.7. The Kier molecular flexibility index (Phi) is 6.42. The molecule has 7 nitrogen and oxygen atoms in total. The van der Waals surface area contributed by atoms with Gasteiger partial charge in [0.05, 0.1) is 30.8 Å². The molecule has 1 heterocycles. The lowest BCUT2D eigenvalue weighted by atomic mass is 10.1. The van der Waals surface area contributed by atoms with E-state index in [1.54, 1.807) is 4.90 Å². The number of nitrogens with zero attached hydrogens (tertiary/aromatic N) is 1. The van der Waals surface area contributed by atoms with Crippen LogP contribution in [0.4, 0.5) is 0 Å². The van der Waals surface area contributed by atoms with E-state index in [9.17, 15) is 13.2 Å². The summed E-state index contributed by atoms with van der Waals surface area (Å²) < 4.78 is 38.3. The highest BCUT2D eigenvalue weighted by molar-refractivity contribution is 7.89. The van der Waals surface area contributed by atoms with Crippen LogP contribution in [-0.2, 0) is 14.8 Å². The molecule has 0 unspecified atom stereocenters. The zero-order valence-corrected chi connectivity index (χ0v) is 15.9. The maximum absolute atomic E-state index is 12.8. The molecule has 1 saturated heterocycles. The van der Waals surface area contributed by atoms with Crippen molar-refractivity contribution in [3.05, 3.63) is 23.8 Å². The molecule has 1 amide bonds. The predicted molar refractivity (Wildman–Crippen MR) is 94.3 cm³/mol. The summed E-state index contributed by atoms with van der Waals surface area (Å²) in [6.07, 6.45) is 0. The first-order valence-corrected chi connectivity index (χ1v) is 9.82. The summed E-state index contributed by atoms with van der Waals surface area (Å²) in [5.74, 6) is 0.254. The molecular weight excluding hydrogens is 344 g/mol. The Labute approximate surface area is 149 Å². The quantitative estimate of drug-likeness (QED) is 0.820. The SMILES string of the molecule is COc1ccc(S(=O)(=O)N[C@H](C)C(C)C)cc1C(=O)N1CCOCC1. The van der Waals surface area contributed by atoms with Crippen LogP contribution in [0.5, 0.6) is 5.75 Å². The summed E-state index contributed by atoms with van der Waals surface area (Å²) in [5.41, 5.74) is 0.240. The second kappa shape index (κ2) is 8.16. The second-order valence-electron chi connectivity index (χ2n) is 6.42. The molecule has 1 aromatic rings. The lowest BCUT2D eigenvalue weighted by Crippen LogP contribution is -2.41. The summed E-state index contributed by atoms with van der Waals surface area (Å²) in [5, 5.41) is 0. The minimum Gasteiger partial charge on any atom is -0.496 e. The maximum atomic E-state index is 12.8. The van der Waals surface area contributed by atoms with Crippen molar-refractivity contribution in [2.75, 3.05) is 33.4 Å². The van der Waals surface area contributed by atoms with Crippen molar-refractivity contribution in [2.24, 2.45) is 5.92 Å². The molecule has 0 bridgehead atoms. The number of hydrogen-bond acceptors (Lipinski definition) is 5. The molecule has 140 valence electrons. The fourth-order valence-corrected chi connectivity index (χ4v) is 3.82. The molecule has 1 fully saturated rings. The Hall–Kier alpha value is -1.64. The number of carbonyl (C=O) groups excluding carboxylic acids is 1. The van der Waals surface area contributed by atoms with E-state index in [0.717, 1.165) is 0 Å². The molecule has 25 heavy (non-hydrogen) atoms. The van der Waals surface area contributed by atoms with Crippen LogP contribution in [0.15, 0.2) is 23.1 Å². The number of sulfonamides is 1. The van der Waals surface area contributed by atoms with Gasteiger partial charge in [0.15, 0.2) is 0 Å². The van der Waals surface area contributed by atoms with Gasteiger partial charge in [-0.25, -0.2) is 13.1 Å². The van der Waals surface area contributed by atoms with Gasteiger partial charge in [0, 0.05) is 19.1 Å². The first-order chi connectivity index (χ1) is 11.8. The second-order valence-corrected chi connectivity index (χ2v) is 8.13. The third kappa shape index (κ3) is 4.71. The van der Waals surface area contributed by atoms with E-state index in [2.05, 4.69) is 4.72 Å². The van der Waals surface area contributed by atoms with E-state index in [0.29, 0.717) is 32.1 Å². The van der Waals surface area contributed by atoms with E-state index >= 15 is 0 Å². The molecule has 1 aromatic carbocycles. The van der Waals surface area contributed by atoms with Gasteiger partial charge in [0.2, 0.25) is 10.0 Å². The van der Waals surface area contributed by atoms with Gasteiger partial charge in [-0.1, -0.05) is 13.8 Å². The van der Waals surface area contributed by atoms with E-state index in [1.165, 1.54) is 25.3 Å². The molecular formula is C17H26N2O5S. The van der Waals surface area contributed by atoms with Crippen molar-refractivity contribution < 1.29 is 22.7 Å². The first-order valence-electron chi connectivity index (χ1n) is 8.33. The fourth-order valence-electron chi connectivity index (χ4n) is 2.41. The number of amides is 1. The average molecular weight is 370 g/mol. The van der Waals surface area contributed by atoms with Crippen LogP contribution in [-0.4, -0.2) is 58.7 Å². The Morgan fingerprint density at radius 3 is 2.44 bits per heavy atom. The van der Waals surface area contributed by atoms with Crippen LogP contribution in [0.25, 0.3) is 0 Å². The van der Waals surface area contributed by atoms with Gasteiger partial charge in [-0.3, -0.25) is 4.79 Å². The molecule has 0 spiro atoms. The van der Waals surface area contributed by atoms with Gasteiger partial charge in [-0.15, -0.1) is 0 Å². The van der Waals surface area contributed by atoms with Gasteiger partial charge in [0.1, 0.15) is 5.75 Å². The molecule has 2 rings (SSSR count). The number of hydrogen-bond donors (Lipinski definition) is 1. The van der Waals surface area contributed by atoms with Crippen molar-refractivity contribution in [2.45, 2.75) is 31.7 Å². The Bertz CT molecular complexity index is 712. The summed E-state index contributed by atoms with van der Waals surface area (Å²) in [7, 11) is -2.26. The Balaban J connectivity index is 2.34. The van der Waals surface area contributed by atoms with E-state index < -0.39 is 10.0 Å². The highest BCUT2D eigenvalue weighted by Crippen LogP contribution is 2.25. The largest absolute Gasteiger partial charge is 0.496 e. The molecule has 8 heteroatoms. The molecule has 0 aromatic heterocycles. The van der Waals surface area contributed by atoms with Crippen molar-refractivity contribution in [3.63, 3.8) is 0 Å². The van der Waals surface area contributed by atoms with Gasteiger partial charge in [-0.2, -0.15) is 0 Å². The third-order valence-electron chi connectivity index (χ3n) is 4.35. The van der Waals surface area contributed by atoms with Crippen molar-refractivity contribution in [1.29, 1.82) is 0 Å². The Morgan fingerprint density at radius 1 is 1.24 bits per heavy atom. The minimum absolute atomic E-state index is 0.0532. The number of morpholine rings is 1. The molecule has 1 aliphatic heterocycles. The van der Waals surface area contributed by atoms with Gasteiger partial charge in [0.25, 0.3) is 5.91 Å². The van der Waals surface area contributed by atoms with E-state index in [-0.39, 0.29) is 28.3 Å². The van der Waals surface area contributed by atoms with E-state index in [4.69, 9.17) is 9.47 Å². The number of methoxy groups -OCH3 is 1. The van der Waals surface area contributed by atoms with E-state index in [1.807, 2.05) is 20.8 Å².